The first-order valence-electron chi connectivity index (χ1n) is 6.17. The van der Waals surface area contributed by atoms with Crippen LogP contribution in [0.25, 0.3) is 0 Å². The highest BCUT2D eigenvalue weighted by atomic mass is 19.4. The first-order chi connectivity index (χ1) is 9.97. The minimum absolute atomic E-state index is 0.199. The van der Waals surface area contributed by atoms with Crippen LogP contribution in [0.3, 0.4) is 0 Å². The zero-order valence-corrected chi connectivity index (χ0v) is 10.9. The molecule has 0 aliphatic heterocycles. The zero-order chi connectivity index (χ0) is 15.3. The van der Waals surface area contributed by atoms with E-state index in [-0.39, 0.29) is 11.6 Å². The molecule has 1 amide bonds. The number of amides is 1. The maximum absolute atomic E-state index is 12.4. The van der Waals surface area contributed by atoms with E-state index < -0.39 is 11.7 Å². The standard InChI is InChI=1S/C14H12F3N3O/c15-14(16,17)11-3-1-10(2-4-11)5-6-20-13(21)12-9-18-7-8-19-12/h1-4,7-9H,5-6H2,(H,20,21). The second-order valence-corrected chi connectivity index (χ2v) is 4.29. The van der Waals surface area contributed by atoms with Crippen molar-refractivity contribution < 1.29 is 18.0 Å². The second kappa shape index (κ2) is 6.34. The highest BCUT2D eigenvalue weighted by molar-refractivity contribution is 5.91. The van der Waals surface area contributed by atoms with Gasteiger partial charge in [-0.1, -0.05) is 12.1 Å². The predicted octanol–water partition coefficient (Wildman–Crippen LogP) is 2.47. The molecule has 0 saturated carbocycles. The molecule has 1 aromatic carbocycles. The molecule has 0 saturated heterocycles. The molecule has 0 aliphatic carbocycles. The van der Waals surface area contributed by atoms with Crippen molar-refractivity contribution >= 4 is 5.91 Å². The van der Waals surface area contributed by atoms with E-state index in [0.717, 1.165) is 12.1 Å². The number of carbonyl (C=O) groups excluding carboxylic acids is 1. The van der Waals surface area contributed by atoms with E-state index in [1.54, 1.807) is 0 Å². The molecule has 0 radical (unpaired) electrons. The Morgan fingerprint density at radius 1 is 1.14 bits per heavy atom. The molecule has 0 unspecified atom stereocenters. The fourth-order valence-electron chi connectivity index (χ4n) is 1.69. The number of nitrogens with zero attached hydrogens (tertiary/aromatic N) is 2. The summed E-state index contributed by atoms with van der Waals surface area (Å²) in [6.45, 7) is 0.306. The molecule has 0 fully saturated rings. The Labute approximate surface area is 119 Å². The molecule has 0 bridgehead atoms. The average Bonchev–Trinajstić information content (AvgIpc) is 2.47. The predicted molar refractivity (Wildman–Crippen MR) is 69.5 cm³/mol. The van der Waals surface area contributed by atoms with E-state index in [2.05, 4.69) is 15.3 Å². The minimum atomic E-state index is -4.33. The molecule has 0 spiro atoms. The van der Waals surface area contributed by atoms with Crippen molar-refractivity contribution in [1.82, 2.24) is 15.3 Å². The Bertz CT molecular complexity index is 597. The van der Waals surface area contributed by atoms with Crippen molar-refractivity contribution in [1.29, 1.82) is 0 Å². The van der Waals surface area contributed by atoms with E-state index in [9.17, 15) is 18.0 Å². The summed E-state index contributed by atoms with van der Waals surface area (Å²) in [4.78, 5) is 19.3. The average molecular weight is 295 g/mol. The number of benzene rings is 1. The van der Waals surface area contributed by atoms with E-state index in [1.165, 1.54) is 30.7 Å². The maximum Gasteiger partial charge on any atom is 0.416 e. The lowest BCUT2D eigenvalue weighted by atomic mass is 10.1. The summed E-state index contributed by atoms with van der Waals surface area (Å²) in [6, 6.07) is 4.86. The fraction of sp³-hybridized carbons (Fsp3) is 0.214. The zero-order valence-electron chi connectivity index (χ0n) is 10.9. The van der Waals surface area contributed by atoms with Gasteiger partial charge in [-0.3, -0.25) is 9.78 Å². The fourth-order valence-corrected chi connectivity index (χ4v) is 1.69. The van der Waals surface area contributed by atoms with Crippen molar-refractivity contribution in [3.63, 3.8) is 0 Å². The summed E-state index contributed by atoms with van der Waals surface area (Å²) in [5.41, 5.74) is 0.224. The van der Waals surface area contributed by atoms with Crippen molar-refractivity contribution in [2.45, 2.75) is 12.6 Å². The van der Waals surface area contributed by atoms with Gasteiger partial charge in [0.2, 0.25) is 0 Å². The van der Waals surface area contributed by atoms with Gasteiger partial charge in [0.05, 0.1) is 11.8 Å². The third-order valence-electron chi connectivity index (χ3n) is 2.78. The van der Waals surface area contributed by atoms with E-state index in [0.29, 0.717) is 18.5 Å². The van der Waals surface area contributed by atoms with Gasteiger partial charge >= 0.3 is 6.18 Å². The lowest BCUT2D eigenvalue weighted by molar-refractivity contribution is -0.137. The van der Waals surface area contributed by atoms with Crippen molar-refractivity contribution in [2.24, 2.45) is 0 Å². The number of hydrogen-bond acceptors (Lipinski definition) is 3. The van der Waals surface area contributed by atoms with Gasteiger partial charge < -0.3 is 5.32 Å². The smallest absolute Gasteiger partial charge is 0.350 e. The number of aromatic nitrogens is 2. The second-order valence-electron chi connectivity index (χ2n) is 4.29. The number of halogens is 3. The molecule has 21 heavy (non-hydrogen) atoms. The van der Waals surface area contributed by atoms with Gasteiger partial charge in [-0.2, -0.15) is 13.2 Å². The third kappa shape index (κ3) is 4.27. The molecule has 1 aromatic heterocycles. The van der Waals surface area contributed by atoms with Crippen LogP contribution in [0.5, 0.6) is 0 Å². The van der Waals surface area contributed by atoms with Crippen LogP contribution in [0.4, 0.5) is 13.2 Å². The van der Waals surface area contributed by atoms with Crippen molar-refractivity contribution in [3.8, 4) is 0 Å². The Morgan fingerprint density at radius 2 is 1.86 bits per heavy atom. The Morgan fingerprint density at radius 3 is 2.43 bits per heavy atom. The molecule has 2 rings (SSSR count). The number of alkyl halides is 3. The highest BCUT2D eigenvalue weighted by Crippen LogP contribution is 2.29. The summed E-state index contributed by atoms with van der Waals surface area (Å²) in [6.07, 6.45) is 0.306. The van der Waals surface area contributed by atoms with Crippen LogP contribution in [0.1, 0.15) is 21.6 Å². The lowest BCUT2D eigenvalue weighted by Crippen LogP contribution is -2.26. The first-order valence-corrected chi connectivity index (χ1v) is 6.17. The Balaban J connectivity index is 1.85. The molecular formula is C14H12F3N3O. The van der Waals surface area contributed by atoms with Crippen LogP contribution in [-0.4, -0.2) is 22.4 Å². The first kappa shape index (κ1) is 15.0. The molecule has 7 heteroatoms. The topological polar surface area (TPSA) is 54.9 Å². The molecular weight excluding hydrogens is 283 g/mol. The molecule has 4 nitrogen and oxygen atoms in total. The van der Waals surface area contributed by atoms with Gasteiger partial charge in [-0.25, -0.2) is 4.98 Å². The van der Waals surface area contributed by atoms with Crippen LogP contribution in [0.15, 0.2) is 42.9 Å². The molecule has 1 heterocycles. The molecule has 1 N–H and O–H groups in total. The minimum Gasteiger partial charge on any atom is -0.350 e. The highest BCUT2D eigenvalue weighted by Gasteiger charge is 2.29. The summed E-state index contributed by atoms with van der Waals surface area (Å²) >= 11 is 0. The van der Waals surface area contributed by atoms with Crippen LogP contribution in [0, 0.1) is 0 Å². The van der Waals surface area contributed by atoms with Crippen LogP contribution in [-0.2, 0) is 12.6 Å². The quantitative estimate of drug-likeness (QED) is 0.942. The lowest BCUT2D eigenvalue weighted by Gasteiger charge is -2.08. The van der Waals surface area contributed by atoms with Gasteiger partial charge in [-0.15, -0.1) is 0 Å². The van der Waals surface area contributed by atoms with E-state index in [4.69, 9.17) is 0 Å². The third-order valence-corrected chi connectivity index (χ3v) is 2.78. The number of hydrogen-bond donors (Lipinski definition) is 1. The van der Waals surface area contributed by atoms with Gasteiger partial charge in [-0.05, 0) is 24.1 Å². The summed E-state index contributed by atoms with van der Waals surface area (Å²) in [7, 11) is 0. The van der Waals surface area contributed by atoms with Crippen LogP contribution in [0.2, 0.25) is 0 Å². The molecule has 0 aliphatic rings. The SMILES string of the molecule is O=C(NCCc1ccc(C(F)(F)F)cc1)c1cnccn1. The Hall–Kier alpha value is -2.44. The number of nitrogens with one attached hydrogen (secondary N) is 1. The van der Waals surface area contributed by atoms with Crippen molar-refractivity contribution in [2.75, 3.05) is 6.54 Å². The molecule has 110 valence electrons. The number of rotatable bonds is 4. The summed E-state index contributed by atoms with van der Waals surface area (Å²) in [5, 5.41) is 2.63. The van der Waals surface area contributed by atoms with Gasteiger partial charge in [0.25, 0.3) is 5.91 Å². The largest absolute Gasteiger partial charge is 0.416 e. The van der Waals surface area contributed by atoms with Gasteiger partial charge in [0.1, 0.15) is 5.69 Å². The van der Waals surface area contributed by atoms with E-state index >= 15 is 0 Å². The Kier molecular flexibility index (Phi) is 4.52. The normalized spacial score (nSPS) is 11.2. The van der Waals surface area contributed by atoms with Gasteiger partial charge in [0, 0.05) is 18.9 Å². The molecule has 0 atom stereocenters. The maximum atomic E-state index is 12.4. The summed E-state index contributed by atoms with van der Waals surface area (Å²) < 4.78 is 37.2. The molecule has 2 aromatic rings. The number of carbonyl (C=O) groups is 1. The van der Waals surface area contributed by atoms with Crippen molar-refractivity contribution in [3.05, 3.63) is 59.7 Å². The van der Waals surface area contributed by atoms with E-state index in [1.807, 2.05) is 0 Å². The monoisotopic (exact) mass is 295 g/mol. The van der Waals surface area contributed by atoms with Crippen LogP contribution >= 0.6 is 0 Å². The summed E-state index contributed by atoms with van der Waals surface area (Å²) in [5.74, 6) is -0.366. The van der Waals surface area contributed by atoms with Crippen LogP contribution < -0.4 is 5.32 Å². The van der Waals surface area contributed by atoms with Gasteiger partial charge in [0.15, 0.2) is 0 Å².